The Morgan fingerprint density at radius 2 is 1.41 bits per heavy atom. The fourth-order valence-corrected chi connectivity index (χ4v) is 3.59. The Hall–Kier alpha value is -2.86. The first-order valence-corrected chi connectivity index (χ1v) is 10.2. The van der Waals surface area contributed by atoms with E-state index in [1.54, 1.807) is 13.8 Å². The van der Waals surface area contributed by atoms with Crippen LogP contribution in [0.1, 0.15) is 40.3 Å². The van der Waals surface area contributed by atoms with Crippen molar-refractivity contribution in [2.75, 3.05) is 13.2 Å². The largest absolute Gasteiger partial charge is 0.462 e. The van der Waals surface area contributed by atoms with E-state index in [1.807, 2.05) is 66.1 Å². The number of hydrogen-bond acceptors (Lipinski definition) is 4. The summed E-state index contributed by atoms with van der Waals surface area (Å²) in [5, 5.41) is 0. The summed E-state index contributed by atoms with van der Waals surface area (Å²) < 4.78 is 13.4. The molecule has 0 saturated carbocycles. The summed E-state index contributed by atoms with van der Waals surface area (Å²) >= 11 is 3.45. The molecule has 2 aromatic carbocycles. The van der Waals surface area contributed by atoms with Crippen molar-refractivity contribution in [3.63, 3.8) is 0 Å². The van der Waals surface area contributed by atoms with E-state index in [4.69, 9.17) is 9.47 Å². The van der Waals surface area contributed by atoms with Gasteiger partial charge >= 0.3 is 11.9 Å². The van der Waals surface area contributed by atoms with Crippen molar-refractivity contribution < 1.29 is 19.1 Å². The summed E-state index contributed by atoms with van der Waals surface area (Å²) in [7, 11) is 0. The molecule has 0 fully saturated rings. The highest BCUT2D eigenvalue weighted by atomic mass is 79.9. The predicted octanol–water partition coefficient (Wildman–Crippen LogP) is 5.57. The van der Waals surface area contributed by atoms with E-state index in [9.17, 15) is 9.59 Å². The maximum absolute atomic E-state index is 13.0. The van der Waals surface area contributed by atoms with Crippen LogP contribution >= 0.6 is 15.9 Å². The van der Waals surface area contributed by atoms with Gasteiger partial charge in [0.2, 0.25) is 0 Å². The Balaban J connectivity index is 2.40. The third-order valence-corrected chi connectivity index (χ3v) is 5.03. The molecule has 0 unspecified atom stereocenters. The molecule has 29 heavy (non-hydrogen) atoms. The lowest BCUT2D eigenvalue weighted by Gasteiger charge is -2.13. The normalized spacial score (nSPS) is 10.6. The van der Waals surface area contributed by atoms with Crippen LogP contribution in [0.4, 0.5) is 0 Å². The van der Waals surface area contributed by atoms with Crippen LogP contribution in [0.5, 0.6) is 0 Å². The lowest BCUT2D eigenvalue weighted by Crippen LogP contribution is -2.13. The Labute approximate surface area is 178 Å². The SMILES string of the molecule is CCOC(=O)c1c(C(=O)OCC)c(-c2ccccc2)n(-c2ccc(Br)cc2)c1C. The Bertz CT molecular complexity index is 1020. The lowest BCUT2D eigenvalue weighted by atomic mass is 10.0. The maximum atomic E-state index is 13.0. The molecule has 1 aromatic heterocycles. The van der Waals surface area contributed by atoms with Gasteiger partial charge in [0.15, 0.2) is 0 Å². The summed E-state index contributed by atoms with van der Waals surface area (Å²) in [5.41, 5.74) is 3.30. The predicted molar refractivity (Wildman–Crippen MR) is 116 cm³/mol. The zero-order valence-corrected chi connectivity index (χ0v) is 18.2. The fourth-order valence-electron chi connectivity index (χ4n) is 3.33. The van der Waals surface area contributed by atoms with E-state index < -0.39 is 11.9 Å². The third-order valence-electron chi connectivity index (χ3n) is 4.50. The number of nitrogens with zero attached hydrogens (tertiary/aromatic N) is 1. The van der Waals surface area contributed by atoms with Crippen molar-refractivity contribution in [1.29, 1.82) is 0 Å². The van der Waals surface area contributed by atoms with Crippen molar-refractivity contribution in [3.8, 4) is 16.9 Å². The van der Waals surface area contributed by atoms with E-state index >= 15 is 0 Å². The van der Waals surface area contributed by atoms with Crippen LogP contribution in [-0.4, -0.2) is 29.7 Å². The van der Waals surface area contributed by atoms with Crippen molar-refractivity contribution in [1.82, 2.24) is 4.57 Å². The smallest absolute Gasteiger partial charge is 0.341 e. The molecule has 3 aromatic rings. The number of carbonyl (C=O) groups excluding carboxylic acids is 2. The Morgan fingerprint density at radius 3 is 1.97 bits per heavy atom. The molecule has 0 saturated heterocycles. The van der Waals surface area contributed by atoms with Gasteiger partial charge in [-0.3, -0.25) is 0 Å². The summed E-state index contributed by atoms with van der Waals surface area (Å²) in [4.78, 5) is 25.8. The minimum Gasteiger partial charge on any atom is -0.462 e. The molecule has 3 rings (SSSR count). The zero-order chi connectivity index (χ0) is 21.0. The van der Waals surface area contributed by atoms with Gasteiger partial charge in [-0.05, 0) is 50.6 Å². The summed E-state index contributed by atoms with van der Waals surface area (Å²) in [6, 6.07) is 17.2. The number of carbonyl (C=O) groups is 2. The fraction of sp³-hybridized carbons (Fsp3) is 0.217. The number of benzene rings is 2. The molecule has 150 valence electrons. The maximum Gasteiger partial charge on any atom is 0.341 e. The van der Waals surface area contributed by atoms with Crippen molar-refractivity contribution in [2.45, 2.75) is 20.8 Å². The number of aromatic nitrogens is 1. The van der Waals surface area contributed by atoms with Crippen molar-refractivity contribution in [2.24, 2.45) is 0 Å². The van der Waals surface area contributed by atoms with E-state index in [1.165, 1.54) is 0 Å². The minimum absolute atomic E-state index is 0.206. The van der Waals surface area contributed by atoms with E-state index in [0.717, 1.165) is 15.7 Å². The van der Waals surface area contributed by atoms with Crippen molar-refractivity contribution >= 4 is 27.9 Å². The van der Waals surface area contributed by atoms with Crippen LogP contribution in [-0.2, 0) is 9.47 Å². The van der Waals surface area contributed by atoms with Gasteiger partial charge in [0, 0.05) is 15.9 Å². The van der Waals surface area contributed by atoms with Crippen LogP contribution in [0.15, 0.2) is 59.1 Å². The minimum atomic E-state index is -0.548. The molecule has 0 N–H and O–H groups in total. The molecule has 0 atom stereocenters. The second-order valence-corrected chi connectivity index (χ2v) is 7.22. The topological polar surface area (TPSA) is 57.5 Å². The van der Waals surface area contributed by atoms with Crippen LogP contribution < -0.4 is 0 Å². The first kappa shape index (κ1) is 20.9. The number of rotatable bonds is 6. The number of esters is 2. The molecular weight excluding hydrogens is 434 g/mol. The highest BCUT2D eigenvalue weighted by Crippen LogP contribution is 2.36. The van der Waals surface area contributed by atoms with E-state index in [2.05, 4.69) is 15.9 Å². The lowest BCUT2D eigenvalue weighted by molar-refractivity contribution is 0.0480. The van der Waals surface area contributed by atoms with Crippen LogP contribution in [0, 0.1) is 6.92 Å². The molecule has 0 spiro atoms. The van der Waals surface area contributed by atoms with Gasteiger partial charge < -0.3 is 14.0 Å². The van der Waals surface area contributed by atoms with Gasteiger partial charge in [-0.1, -0.05) is 46.3 Å². The second kappa shape index (κ2) is 9.09. The zero-order valence-electron chi connectivity index (χ0n) is 16.6. The number of halogens is 1. The number of hydrogen-bond donors (Lipinski definition) is 0. The average Bonchev–Trinajstić information content (AvgIpc) is 3.03. The molecule has 0 aliphatic heterocycles. The molecule has 6 heteroatoms. The molecule has 0 bridgehead atoms. The Kier molecular flexibility index (Phi) is 6.54. The van der Waals surface area contributed by atoms with Crippen molar-refractivity contribution in [3.05, 3.63) is 75.9 Å². The average molecular weight is 456 g/mol. The van der Waals surface area contributed by atoms with Gasteiger partial charge in [0.25, 0.3) is 0 Å². The molecular formula is C23H22BrNO4. The summed E-state index contributed by atoms with van der Waals surface area (Å²) in [6.07, 6.45) is 0. The molecule has 0 aliphatic carbocycles. The molecule has 1 heterocycles. The first-order valence-electron chi connectivity index (χ1n) is 9.40. The molecule has 0 aliphatic rings. The Morgan fingerprint density at radius 1 is 0.862 bits per heavy atom. The first-order chi connectivity index (χ1) is 14.0. The van der Waals surface area contributed by atoms with Gasteiger partial charge in [-0.2, -0.15) is 0 Å². The molecule has 0 radical (unpaired) electrons. The van der Waals surface area contributed by atoms with Crippen LogP contribution in [0.25, 0.3) is 16.9 Å². The molecule has 5 nitrogen and oxygen atoms in total. The quantitative estimate of drug-likeness (QED) is 0.455. The summed E-state index contributed by atoms with van der Waals surface area (Å²) in [6.45, 7) is 5.70. The third kappa shape index (κ3) is 4.12. The van der Waals surface area contributed by atoms with E-state index in [0.29, 0.717) is 11.4 Å². The highest BCUT2D eigenvalue weighted by molar-refractivity contribution is 9.10. The second-order valence-electron chi connectivity index (χ2n) is 6.30. The monoisotopic (exact) mass is 455 g/mol. The van der Waals surface area contributed by atoms with Crippen LogP contribution in [0.2, 0.25) is 0 Å². The molecule has 0 amide bonds. The van der Waals surface area contributed by atoms with Gasteiger partial charge in [-0.25, -0.2) is 9.59 Å². The van der Waals surface area contributed by atoms with Crippen LogP contribution in [0.3, 0.4) is 0 Å². The van der Waals surface area contributed by atoms with Gasteiger partial charge in [-0.15, -0.1) is 0 Å². The van der Waals surface area contributed by atoms with Gasteiger partial charge in [0.05, 0.1) is 24.5 Å². The standard InChI is InChI=1S/C23H22BrNO4/c1-4-28-22(26)19-15(3)25(18-13-11-17(24)12-14-18)21(16-9-7-6-8-10-16)20(19)23(27)29-5-2/h6-14H,4-5H2,1-3H3. The summed E-state index contributed by atoms with van der Waals surface area (Å²) in [5.74, 6) is -1.09. The van der Waals surface area contributed by atoms with E-state index in [-0.39, 0.29) is 24.3 Å². The number of ether oxygens (including phenoxy) is 2. The highest BCUT2D eigenvalue weighted by Gasteiger charge is 2.32. The van der Waals surface area contributed by atoms with Gasteiger partial charge in [0.1, 0.15) is 5.56 Å².